The van der Waals surface area contributed by atoms with Crippen molar-refractivity contribution in [2.24, 2.45) is 0 Å². The van der Waals surface area contributed by atoms with E-state index in [2.05, 4.69) is 10.3 Å². The van der Waals surface area contributed by atoms with Gasteiger partial charge in [-0.1, -0.05) is 12.1 Å². The number of piperidine rings is 2. The summed E-state index contributed by atoms with van der Waals surface area (Å²) >= 11 is 0. The molecule has 33 heavy (non-hydrogen) atoms. The highest BCUT2D eigenvalue weighted by molar-refractivity contribution is 5.93. The summed E-state index contributed by atoms with van der Waals surface area (Å²) in [5.41, 5.74) is 2.35. The van der Waals surface area contributed by atoms with Crippen molar-refractivity contribution >= 4 is 5.91 Å². The normalized spacial score (nSPS) is 24.6. The Bertz CT molecular complexity index is 1000. The van der Waals surface area contributed by atoms with E-state index in [0.29, 0.717) is 47.1 Å². The molecule has 3 heterocycles. The Morgan fingerprint density at radius 3 is 2.18 bits per heavy atom. The summed E-state index contributed by atoms with van der Waals surface area (Å²) in [6.07, 6.45) is 0.418. The number of carbonyl (C=O) groups excluding carboxylic acids is 1. The lowest BCUT2D eigenvalue weighted by molar-refractivity contribution is -0.881. The van der Waals surface area contributed by atoms with Crippen LogP contribution in [0.3, 0.4) is 0 Å². The van der Waals surface area contributed by atoms with Gasteiger partial charge in [-0.15, -0.1) is 0 Å². The van der Waals surface area contributed by atoms with Gasteiger partial charge in [0, 0.05) is 56.7 Å². The molecule has 8 heteroatoms. The first-order valence-electron chi connectivity index (χ1n) is 11.6. The van der Waals surface area contributed by atoms with Crippen molar-refractivity contribution < 1.29 is 27.6 Å². The number of aromatic nitrogens is 1. The predicted octanol–water partition coefficient (Wildman–Crippen LogP) is 4.25. The first-order chi connectivity index (χ1) is 15.6. The van der Waals surface area contributed by atoms with Gasteiger partial charge in [-0.25, -0.2) is 4.79 Å². The van der Waals surface area contributed by atoms with Crippen molar-refractivity contribution in [2.45, 2.75) is 57.9 Å². The van der Waals surface area contributed by atoms with Gasteiger partial charge in [0.05, 0.1) is 36.4 Å². The monoisotopic (exact) mass is 462 g/mol. The van der Waals surface area contributed by atoms with E-state index >= 15 is 0 Å². The van der Waals surface area contributed by atoms with Crippen LogP contribution in [0.25, 0.3) is 11.1 Å². The Morgan fingerprint density at radius 2 is 1.61 bits per heavy atom. The number of alkyl halides is 3. The number of nitrogens with one attached hydrogen (secondary N) is 1. The lowest BCUT2D eigenvalue weighted by Gasteiger charge is -2.47. The molecule has 0 spiro atoms. The van der Waals surface area contributed by atoms with E-state index in [-0.39, 0.29) is 18.1 Å². The van der Waals surface area contributed by atoms with Gasteiger partial charge >= 0.3 is 12.1 Å². The van der Waals surface area contributed by atoms with Crippen LogP contribution < -0.4 is 5.32 Å². The Balaban J connectivity index is 1.72. The van der Waals surface area contributed by atoms with Gasteiger partial charge in [0.2, 0.25) is 0 Å². The molecular weight excluding hydrogens is 431 g/mol. The van der Waals surface area contributed by atoms with Gasteiger partial charge in [0.15, 0.2) is 0 Å². The van der Waals surface area contributed by atoms with Crippen LogP contribution in [0.15, 0.2) is 30.6 Å². The number of hydrogen-bond donors (Lipinski definition) is 2. The highest BCUT2D eigenvalue weighted by Crippen LogP contribution is 2.35. The molecule has 1 aromatic carbocycles. The number of quaternary nitrogens is 1. The van der Waals surface area contributed by atoms with Crippen molar-refractivity contribution in [2.75, 3.05) is 26.2 Å². The molecule has 0 bridgehead atoms. The maximum absolute atomic E-state index is 14.1. The summed E-state index contributed by atoms with van der Waals surface area (Å²) in [4.78, 5) is 17.9. The standard InChI is InChI=1S/C25H31F3N3O2/c1-16-11-18(19-13-20(15-30-14-19)25(26,27)28)12-17(2)23(16)24(33)31(9-5-22(32)6-10-31)21-3-7-29-8-4-21/h11-15,21-22,29,32H,3-10H2,1-2H3/q+1. The fraction of sp³-hybridized carbons (Fsp3) is 0.520. The molecule has 1 aromatic heterocycles. The summed E-state index contributed by atoms with van der Waals surface area (Å²) in [6.45, 7) is 6.68. The van der Waals surface area contributed by atoms with Crippen LogP contribution in [0, 0.1) is 13.8 Å². The second-order valence-corrected chi connectivity index (χ2v) is 9.44. The third-order valence-electron chi connectivity index (χ3n) is 7.28. The van der Waals surface area contributed by atoms with Gasteiger partial charge in [-0.2, -0.15) is 13.2 Å². The number of aryl methyl sites for hydroxylation is 2. The number of aliphatic hydroxyl groups excluding tert-OH is 1. The summed E-state index contributed by atoms with van der Waals surface area (Å²) < 4.78 is 39.8. The molecule has 2 fully saturated rings. The minimum absolute atomic E-state index is 0.0671. The Morgan fingerprint density at radius 1 is 1.00 bits per heavy atom. The largest absolute Gasteiger partial charge is 0.417 e. The maximum atomic E-state index is 14.1. The fourth-order valence-electron chi connectivity index (χ4n) is 5.49. The van der Waals surface area contributed by atoms with Crippen LogP contribution >= 0.6 is 0 Å². The number of nitrogens with zero attached hydrogens (tertiary/aromatic N) is 2. The van der Waals surface area contributed by atoms with Crippen LogP contribution in [-0.4, -0.2) is 58.8 Å². The van der Waals surface area contributed by atoms with Crippen molar-refractivity contribution in [3.8, 4) is 11.1 Å². The Kier molecular flexibility index (Phi) is 6.62. The molecule has 0 aliphatic carbocycles. The van der Waals surface area contributed by atoms with E-state index in [1.165, 1.54) is 6.20 Å². The van der Waals surface area contributed by atoms with Crippen molar-refractivity contribution in [1.29, 1.82) is 0 Å². The molecule has 0 atom stereocenters. The summed E-state index contributed by atoms with van der Waals surface area (Å²) in [6, 6.07) is 4.87. The van der Waals surface area contributed by atoms with Crippen molar-refractivity contribution in [3.63, 3.8) is 0 Å². The number of amides is 1. The van der Waals surface area contributed by atoms with Crippen molar-refractivity contribution in [3.05, 3.63) is 52.8 Å². The zero-order valence-corrected chi connectivity index (χ0v) is 19.1. The second kappa shape index (κ2) is 9.16. The average molecular weight is 463 g/mol. The third-order valence-corrected chi connectivity index (χ3v) is 7.28. The third kappa shape index (κ3) is 4.69. The molecule has 5 nitrogen and oxygen atoms in total. The molecule has 4 rings (SSSR count). The van der Waals surface area contributed by atoms with Gasteiger partial charge in [-0.05, 0) is 36.6 Å². The number of rotatable bonds is 3. The van der Waals surface area contributed by atoms with E-state index in [1.807, 2.05) is 13.8 Å². The summed E-state index contributed by atoms with van der Waals surface area (Å²) in [7, 11) is 0. The van der Waals surface area contributed by atoms with Gasteiger partial charge in [0.1, 0.15) is 0 Å². The molecular formula is C25H31F3N3O2+. The molecule has 2 aliphatic rings. The molecule has 1 amide bonds. The van der Waals surface area contributed by atoms with E-state index in [0.717, 1.165) is 49.3 Å². The van der Waals surface area contributed by atoms with Gasteiger partial charge < -0.3 is 10.4 Å². The zero-order chi connectivity index (χ0) is 23.8. The first kappa shape index (κ1) is 23.9. The van der Waals surface area contributed by atoms with Crippen molar-refractivity contribution in [1.82, 2.24) is 10.3 Å². The number of benzene rings is 1. The molecule has 0 radical (unpaired) electrons. The minimum atomic E-state index is -4.47. The van der Waals surface area contributed by atoms with E-state index in [1.54, 1.807) is 12.1 Å². The molecule has 0 unspecified atom stereocenters. The second-order valence-electron chi connectivity index (χ2n) is 9.44. The number of pyridine rings is 1. The number of aliphatic hydroxyl groups is 1. The van der Waals surface area contributed by atoms with Crippen LogP contribution in [0.1, 0.15) is 52.7 Å². The predicted molar refractivity (Wildman–Crippen MR) is 120 cm³/mol. The molecule has 2 saturated heterocycles. The lowest BCUT2D eigenvalue weighted by Crippen LogP contribution is -2.65. The molecule has 2 aliphatic heterocycles. The first-order valence-corrected chi connectivity index (χ1v) is 11.6. The SMILES string of the molecule is Cc1cc(-c2cncc(C(F)(F)F)c2)cc(C)c1C(=O)[N+]1(C2CCNCC2)CCC(O)CC1. The lowest BCUT2D eigenvalue weighted by atomic mass is 9.90. The topological polar surface area (TPSA) is 62.2 Å². The highest BCUT2D eigenvalue weighted by atomic mass is 19.4. The quantitative estimate of drug-likeness (QED) is 0.670. The maximum Gasteiger partial charge on any atom is 0.417 e. The minimum Gasteiger partial charge on any atom is -0.393 e. The van der Waals surface area contributed by atoms with Gasteiger partial charge in [0.25, 0.3) is 0 Å². The number of halogens is 3. The number of hydrogen-bond acceptors (Lipinski definition) is 4. The van der Waals surface area contributed by atoms with Crippen LogP contribution in [0.4, 0.5) is 13.2 Å². The van der Waals surface area contributed by atoms with Crippen LogP contribution in [0.5, 0.6) is 0 Å². The Hall–Kier alpha value is -2.29. The van der Waals surface area contributed by atoms with E-state index < -0.39 is 11.7 Å². The number of carbonyl (C=O) groups is 1. The summed E-state index contributed by atoms with van der Waals surface area (Å²) in [5.74, 6) is 0.0671. The molecule has 2 aromatic rings. The Labute approximate surface area is 192 Å². The molecule has 178 valence electrons. The van der Waals surface area contributed by atoms with E-state index in [4.69, 9.17) is 0 Å². The molecule has 0 saturated carbocycles. The van der Waals surface area contributed by atoms with Gasteiger partial charge in [-0.3, -0.25) is 9.47 Å². The fourth-order valence-corrected chi connectivity index (χ4v) is 5.49. The average Bonchev–Trinajstić information content (AvgIpc) is 2.79. The number of likely N-dealkylation sites (tertiary alicyclic amines) is 1. The van der Waals surface area contributed by atoms with Crippen LogP contribution in [0.2, 0.25) is 0 Å². The van der Waals surface area contributed by atoms with Crippen LogP contribution in [-0.2, 0) is 6.18 Å². The molecule has 2 N–H and O–H groups in total. The smallest absolute Gasteiger partial charge is 0.393 e. The zero-order valence-electron chi connectivity index (χ0n) is 19.1. The highest BCUT2D eigenvalue weighted by Gasteiger charge is 2.48. The summed E-state index contributed by atoms with van der Waals surface area (Å²) in [5, 5.41) is 13.5. The van der Waals surface area contributed by atoms with E-state index in [9.17, 15) is 23.1 Å².